The zero-order valence-corrected chi connectivity index (χ0v) is 45.1. The maximum atomic E-state index is 13.6. The summed E-state index contributed by atoms with van der Waals surface area (Å²) in [5.41, 5.74) is 4.88. The summed E-state index contributed by atoms with van der Waals surface area (Å²) < 4.78 is 5.46. The molecule has 2 unspecified atom stereocenters. The van der Waals surface area contributed by atoms with E-state index in [9.17, 15) is 43.5 Å². The molecule has 0 aliphatic carbocycles. The third kappa shape index (κ3) is 17.5. The Bertz CT molecular complexity index is 2810. The molecule has 0 radical (unpaired) electrons. The zero-order valence-electron chi connectivity index (χ0n) is 45.1. The van der Waals surface area contributed by atoms with Crippen LogP contribution in [0.5, 0.6) is 0 Å². The number of nitrogens with zero attached hydrogens (tertiary/aromatic N) is 2. The lowest BCUT2D eigenvalue weighted by Crippen LogP contribution is -2.54. The number of hydrogen-bond acceptors (Lipinski definition) is 9. The molecule has 0 fully saturated rings. The van der Waals surface area contributed by atoms with Crippen LogP contribution in [-0.4, -0.2) is 89.7 Å². The molecule has 1 heterocycles. The summed E-state index contributed by atoms with van der Waals surface area (Å²) >= 11 is 0. The number of carboxylic acids is 1. The average molecular weight is 1040 g/mol. The lowest BCUT2D eigenvalue weighted by atomic mass is 9.80. The Labute approximate surface area is 445 Å². The van der Waals surface area contributed by atoms with Gasteiger partial charge in [-0.1, -0.05) is 133 Å². The number of anilines is 3. The Morgan fingerprint density at radius 2 is 1.41 bits per heavy atom. The predicted octanol–water partition coefficient (Wildman–Crippen LogP) is 8.60. The molecule has 0 bridgehead atoms. The molecule has 0 saturated heterocycles. The quantitative estimate of drug-likeness (QED) is 0.0324. The molecular weight excluding hydrogens is 967 g/mol. The van der Waals surface area contributed by atoms with E-state index in [-0.39, 0.29) is 74.1 Å². The van der Waals surface area contributed by atoms with Crippen LogP contribution in [0.3, 0.4) is 0 Å². The Morgan fingerprint density at radius 1 is 0.750 bits per heavy atom. The Hall–Kier alpha value is -8.08. The van der Waals surface area contributed by atoms with E-state index in [0.29, 0.717) is 36.3 Å². The van der Waals surface area contributed by atoms with Gasteiger partial charge in [0.25, 0.3) is 0 Å². The fourth-order valence-corrected chi connectivity index (χ4v) is 8.37. The number of carbonyl (C=O) groups is 8. The highest BCUT2D eigenvalue weighted by Gasteiger charge is 2.36. The lowest BCUT2D eigenvalue weighted by molar-refractivity contribution is -0.138. The second-order valence-corrected chi connectivity index (χ2v) is 21.2. The Kier molecular flexibility index (Phi) is 20.8. The van der Waals surface area contributed by atoms with Crippen LogP contribution in [0, 0.1) is 11.3 Å². The third-order valence-electron chi connectivity index (χ3n) is 13.0. The van der Waals surface area contributed by atoms with Gasteiger partial charge in [0.2, 0.25) is 35.4 Å². The number of nitrogens with one attached hydrogen (secondary N) is 5. The van der Waals surface area contributed by atoms with E-state index in [0.717, 1.165) is 27.9 Å². The molecule has 4 aromatic rings. The fourth-order valence-electron chi connectivity index (χ4n) is 8.37. The summed E-state index contributed by atoms with van der Waals surface area (Å²) in [5.74, 6) is -3.43. The monoisotopic (exact) mass is 1040 g/mol. The van der Waals surface area contributed by atoms with Crippen molar-refractivity contribution in [2.24, 2.45) is 11.3 Å². The molecule has 17 nitrogen and oxygen atoms in total. The normalized spacial score (nSPS) is 13.6. The van der Waals surface area contributed by atoms with E-state index in [1.165, 1.54) is 17.9 Å². The van der Waals surface area contributed by atoms with E-state index in [1.807, 2.05) is 95.3 Å². The molecule has 1 aliphatic heterocycles. The van der Waals surface area contributed by atoms with E-state index in [2.05, 4.69) is 32.7 Å². The number of hydrogen-bond donors (Lipinski definition) is 6. The maximum Gasteiger partial charge on any atom is 0.411 e. The summed E-state index contributed by atoms with van der Waals surface area (Å²) in [4.78, 5) is 107. The highest BCUT2D eigenvalue weighted by Crippen LogP contribution is 2.32. The number of ether oxygens (including phenoxy) is 1. The standard InChI is InChI=1S/C59H73N7O10/c1-38(2)52(63-48(67)23-14-15-24-51(70)66-36-43-19-11-10-17-41(43)27-28-42-18-12-13-22-47(42)66)54(71)60-35-50(69)61-45-29-25-40(26-30-45)37-76-57(75)62-46-21-16-20-44(33-46)59(7,8)34-49(68)64-53(58(4,5)6)55(72)65(9)32-31-39(3)56(73)74/h10-13,16-22,25-31,33,38,52-53H,14-15,23-24,32,34-37H2,1-9H3,(H,60,71)(H,61,69)(H,62,75)(H,63,67)(H,64,68)(H,73,74)/b28-27-,39-31+. The predicted molar refractivity (Wildman–Crippen MR) is 295 cm³/mol. The van der Waals surface area contributed by atoms with E-state index >= 15 is 0 Å². The Balaban J connectivity index is 1.02. The highest BCUT2D eigenvalue weighted by molar-refractivity contribution is 5.98. The van der Waals surface area contributed by atoms with E-state index < -0.39 is 46.8 Å². The number of likely N-dealkylation sites (N-methyl/N-ethyl adjacent to an activating group) is 1. The van der Waals surface area contributed by atoms with Crippen molar-refractivity contribution >= 4 is 76.7 Å². The highest BCUT2D eigenvalue weighted by atomic mass is 16.5. The molecule has 1 aliphatic rings. The number of amides is 7. The minimum Gasteiger partial charge on any atom is -0.478 e. The zero-order chi connectivity index (χ0) is 55.7. The van der Waals surface area contributed by atoms with Gasteiger partial charge in [0.1, 0.15) is 18.7 Å². The lowest BCUT2D eigenvalue weighted by Gasteiger charge is -2.34. The number of benzene rings is 4. The minimum absolute atomic E-state index is 0.0189. The van der Waals surface area contributed by atoms with Gasteiger partial charge in [-0.15, -0.1) is 0 Å². The SMILES string of the molecule is C/C(=C\CN(C)C(=O)C(NC(=O)CC(C)(C)c1cccc(NC(=O)OCc2ccc(NC(=O)CNC(=O)C(NC(=O)CCCCC(=O)N3Cc4ccccc4/C=C\c4ccccc43)C(C)C)cc2)c1)C(C)(C)C)C(=O)O. The second-order valence-electron chi connectivity index (χ2n) is 21.2. The van der Waals surface area contributed by atoms with Crippen molar-refractivity contribution in [1.29, 1.82) is 0 Å². The summed E-state index contributed by atoms with van der Waals surface area (Å²) in [6, 6.07) is 27.6. The van der Waals surface area contributed by atoms with Crippen LogP contribution in [-0.2, 0) is 56.9 Å². The van der Waals surface area contributed by atoms with E-state index in [1.54, 1.807) is 68.3 Å². The molecule has 0 spiro atoms. The molecular formula is C59H73N7O10. The van der Waals surface area contributed by atoms with Gasteiger partial charge in [0.05, 0.1) is 18.8 Å². The molecule has 0 saturated carbocycles. The first kappa shape index (κ1) is 58.8. The maximum absolute atomic E-state index is 13.6. The molecule has 6 N–H and O–H groups in total. The van der Waals surface area contributed by atoms with Gasteiger partial charge in [-0.3, -0.25) is 34.1 Å². The number of para-hydroxylation sites is 1. The molecule has 5 rings (SSSR count). The molecule has 17 heteroatoms. The number of carbonyl (C=O) groups excluding carboxylic acids is 7. The molecule has 0 aromatic heterocycles. The first-order valence-electron chi connectivity index (χ1n) is 25.5. The largest absolute Gasteiger partial charge is 0.478 e. The molecule has 76 heavy (non-hydrogen) atoms. The van der Waals surface area contributed by atoms with Gasteiger partial charge >= 0.3 is 12.1 Å². The van der Waals surface area contributed by atoms with Crippen LogP contribution in [0.25, 0.3) is 12.2 Å². The van der Waals surface area contributed by atoms with Crippen molar-refractivity contribution in [3.63, 3.8) is 0 Å². The van der Waals surface area contributed by atoms with Gasteiger partial charge < -0.3 is 40.9 Å². The van der Waals surface area contributed by atoms with Crippen LogP contribution in [0.1, 0.15) is 115 Å². The fraction of sp³-hybridized carbons (Fsp3) is 0.390. The number of fused-ring (bicyclic) bond motifs is 2. The van der Waals surface area contributed by atoms with Crippen molar-refractivity contribution in [3.05, 3.63) is 137 Å². The average Bonchev–Trinajstić information content (AvgIpc) is 3.36. The van der Waals surface area contributed by atoms with Gasteiger partial charge in [-0.25, -0.2) is 9.59 Å². The van der Waals surface area contributed by atoms with Crippen LogP contribution < -0.4 is 31.5 Å². The van der Waals surface area contributed by atoms with Crippen molar-refractivity contribution in [2.75, 3.05) is 35.7 Å². The van der Waals surface area contributed by atoms with Gasteiger partial charge in [0.15, 0.2) is 0 Å². The summed E-state index contributed by atoms with van der Waals surface area (Å²) in [6.45, 7) is 14.4. The van der Waals surface area contributed by atoms with Crippen molar-refractivity contribution < 1.29 is 48.2 Å². The van der Waals surface area contributed by atoms with Crippen molar-refractivity contribution in [2.45, 2.75) is 118 Å². The molecule has 2 atom stereocenters. The number of carboxylic acid groups (broad SMARTS) is 1. The van der Waals surface area contributed by atoms with E-state index in [4.69, 9.17) is 4.74 Å². The first-order chi connectivity index (χ1) is 35.9. The third-order valence-corrected chi connectivity index (χ3v) is 13.0. The number of aliphatic carboxylic acids is 1. The second kappa shape index (κ2) is 26.9. The van der Waals surface area contributed by atoms with Crippen molar-refractivity contribution in [1.82, 2.24) is 20.9 Å². The van der Waals surface area contributed by atoms with Gasteiger partial charge in [-0.05, 0) is 94.7 Å². The summed E-state index contributed by atoms with van der Waals surface area (Å²) in [7, 11) is 1.55. The Morgan fingerprint density at radius 3 is 2.09 bits per heavy atom. The summed E-state index contributed by atoms with van der Waals surface area (Å²) in [5, 5.41) is 22.9. The minimum atomic E-state index is -1.08. The van der Waals surface area contributed by atoms with Crippen LogP contribution in [0.15, 0.2) is 109 Å². The molecule has 7 amide bonds. The van der Waals surface area contributed by atoms with Gasteiger partial charge in [-0.2, -0.15) is 0 Å². The topological polar surface area (TPSA) is 233 Å². The first-order valence-corrected chi connectivity index (χ1v) is 25.5. The van der Waals surface area contributed by atoms with Crippen LogP contribution in [0.2, 0.25) is 0 Å². The number of unbranched alkanes of at least 4 members (excludes halogenated alkanes) is 1. The molecule has 404 valence electrons. The van der Waals surface area contributed by atoms with Crippen LogP contribution in [0.4, 0.5) is 21.9 Å². The van der Waals surface area contributed by atoms with Crippen molar-refractivity contribution in [3.8, 4) is 0 Å². The molecule has 4 aromatic carbocycles. The summed E-state index contributed by atoms with van der Waals surface area (Å²) in [6.07, 6.45) is 6.12. The number of rotatable bonds is 22. The van der Waals surface area contributed by atoms with Crippen LogP contribution >= 0.6 is 0 Å². The van der Waals surface area contributed by atoms with Gasteiger partial charge in [0, 0.05) is 49.8 Å². The smallest absolute Gasteiger partial charge is 0.411 e.